The lowest BCUT2D eigenvalue weighted by Crippen LogP contribution is -2.04. The van der Waals surface area contributed by atoms with Crippen LogP contribution in [0.15, 0.2) is 30.3 Å². The van der Waals surface area contributed by atoms with Gasteiger partial charge in [0.25, 0.3) is 0 Å². The molecule has 0 aromatic heterocycles. The van der Waals surface area contributed by atoms with E-state index in [1.165, 1.54) is 22.4 Å². The molecule has 0 spiro atoms. The van der Waals surface area contributed by atoms with E-state index < -0.39 is 0 Å². The predicted octanol–water partition coefficient (Wildman–Crippen LogP) is 4.24. The molecular weight excluding hydrogens is 262 g/mol. The second-order valence-electron chi connectivity index (χ2n) is 5.35. The van der Waals surface area contributed by atoms with Gasteiger partial charge >= 0.3 is 0 Å². The van der Waals surface area contributed by atoms with Gasteiger partial charge in [0.05, 0.1) is 14.2 Å². The van der Waals surface area contributed by atoms with E-state index in [2.05, 4.69) is 38.2 Å². The second kappa shape index (κ2) is 6.53. The summed E-state index contributed by atoms with van der Waals surface area (Å²) in [7, 11) is 3.33. The van der Waals surface area contributed by atoms with Crippen LogP contribution in [0.5, 0.6) is 11.5 Å². The Hall–Kier alpha value is -2.16. The Bertz CT molecular complexity index is 590. The first-order chi connectivity index (χ1) is 10.0. The van der Waals surface area contributed by atoms with Crippen LogP contribution in [0.4, 0.5) is 5.69 Å². The van der Waals surface area contributed by atoms with Crippen LogP contribution in [-0.4, -0.2) is 14.2 Å². The summed E-state index contributed by atoms with van der Waals surface area (Å²) in [4.78, 5) is 0. The van der Waals surface area contributed by atoms with E-state index >= 15 is 0 Å². The number of rotatable bonds is 5. The molecule has 2 aromatic rings. The molecule has 0 atom stereocenters. The average molecular weight is 285 g/mol. The van der Waals surface area contributed by atoms with Crippen molar-refractivity contribution >= 4 is 5.69 Å². The summed E-state index contributed by atoms with van der Waals surface area (Å²) >= 11 is 0. The van der Waals surface area contributed by atoms with Crippen LogP contribution in [0.1, 0.15) is 22.3 Å². The van der Waals surface area contributed by atoms with E-state index in [0.29, 0.717) is 0 Å². The summed E-state index contributed by atoms with van der Waals surface area (Å²) in [6, 6.07) is 10.3. The first-order valence-electron chi connectivity index (χ1n) is 7.07. The van der Waals surface area contributed by atoms with Crippen molar-refractivity contribution in [3.8, 4) is 11.5 Å². The van der Waals surface area contributed by atoms with Crippen LogP contribution < -0.4 is 14.8 Å². The smallest absolute Gasteiger partial charge is 0.122 e. The van der Waals surface area contributed by atoms with E-state index in [9.17, 15) is 0 Å². The van der Waals surface area contributed by atoms with Crippen molar-refractivity contribution in [2.24, 2.45) is 0 Å². The zero-order valence-electron chi connectivity index (χ0n) is 13.4. The van der Waals surface area contributed by atoms with Gasteiger partial charge in [0.15, 0.2) is 0 Å². The summed E-state index contributed by atoms with van der Waals surface area (Å²) in [6.07, 6.45) is 0. The van der Waals surface area contributed by atoms with Gasteiger partial charge in [-0.25, -0.2) is 0 Å². The third-order valence-corrected chi connectivity index (χ3v) is 3.56. The van der Waals surface area contributed by atoms with Crippen molar-refractivity contribution < 1.29 is 9.47 Å². The molecule has 0 unspecified atom stereocenters. The SMILES string of the molecule is COc1cc(CNc2c(C)cc(C)cc2C)cc(OC)c1. The van der Waals surface area contributed by atoms with Crippen molar-refractivity contribution in [1.82, 2.24) is 0 Å². The number of hydrogen-bond acceptors (Lipinski definition) is 3. The van der Waals surface area contributed by atoms with Crippen LogP contribution in [-0.2, 0) is 6.54 Å². The normalized spacial score (nSPS) is 10.3. The van der Waals surface area contributed by atoms with Crippen LogP contribution >= 0.6 is 0 Å². The molecule has 0 saturated heterocycles. The number of aryl methyl sites for hydroxylation is 3. The molecule has 3 heteroatoms. The third-order valence-electron chi connectivity index (χ3n) is 3.56. The zero-order chi connectivity index (χ0) is 15.4. The van der Waals surface area contributed by atoms with Gasteiger partial charge in [0, 0.05) is 18.3 Å². The number of ether oxygens (including phenoxy) is 2. The topological polar surface area (TPSA) is 30.5 Å². The minimum atomic E-state index is 0.734. The maximum absolute atomic E-state index is 5.30. The van der Waals surface area contributed by atoms with Gasteiger partial charge in [-0.3, -0.25) is 0 Å². The highest BCUT2D eigenvalue weighted by atomic mass is 16.5. The van der Waals surface area contributed by atoms with Crippen molar-refractivity contribution in [3.63, 3.8) is 0 Å². The molecule has 0 aliphatic rings. The highest BCUT2D eigenvalue weighted by molar-refractivity contribution is 5.58. The molecule has 1 N–H and O–H groups in total. The standard InChI is InChI=1S/C18H23NO2/c1-12-6-13(2)18(14(3)7-12)19-11-15-8-16(20-4)10-17(9-15)21-5/h6-10,19H,11H2,1-5H3. The van der Waals surface area contributed by atoms with E-state index in [1.54, 1.807) is 14.2 Å². The Morgan fingerprint density at radius 3 is 1.81 bits per heavy atom. The van der Waals surface area contributed by atoms with Gasteiger partial charge in [-0.15, -0.1) is 0 Å². The second-order valence-corrected chi connectivity index (χ2v) is 5.35. The quantitative estimate of drug-likeness (QED) is 0.891. The van der Waals surface area contributed by atoms with Gasteiger partial charge in [-0.05, 0) is 49.6 Å². The molecule has 0 bridgehead atoms. The van der Waals surface area contributed by atoms with E-state index in [1.807, 2.05) is 18.2 Å². The van der Waals surface area contributed by atoms with Crippen LogP contribution in [0.2, 0.25) is 0 Å². The number of hydrogen-bond donors (Lipinski definition) is 1. The van der Waals surface area contributed by atoms with Crippen molar-refractivity contribution in [2.75, 3.05) is 19.5 Å². The first-order valence-corrected chi connectivity index (χ1v) is 7.07. The van der Waals surface area contributed by atoms with E-state index in [4.69, 9.17) is 9.47 Å². The van der Waals surface area contributed by atoms with Gasteiger partial charge < -0.3 is 14.8 Å². The summed E-state index contributed by atoms with van der Waals surface area (Å²) in [6.45, 7) is 7.12. The molecule has 0 amide bonds. The van der Waals surface area contributed by atoms with Crippen LogP contribution in [0.3, 0.4) is 0 Å². The highest BCUT2D eigenvalue weighted by Crippen LogP contribution is 2.25. The lowest BCUT2D eigenvalue weighted by Gasteiger charge is -2.15. The Morgan fingerprint density at radius 2 is 1.33 bits per heavy atom. The van der Waals surface area contributed by atoms with Crippen LogP contribution in [0, 0.1) is 20.8 Å². The molecular formula is C18H23NO2. The van der Waals surface area contributed by atoms with Crippen molar-refractivity contribution in [2.45, 2.75) is 27.3 Å². The zero-order valence-corrected chi connectivity index (χ0v) is 13.4. The van der Waals surface area contributed by atoms with Gasteiger partial charge in [0.2, 0.25) is 0 Å². The molecule has 3 nitrogen and oxygen atoms in total. The Balaban J connectivity index is 2.20. The van der Waals surface area contributed by atoms with Crippen LogP contribution in [0.25, 0.3) is 0 Å². The molecule has 0 saturated carbocycles. The van der Waals surface area contributed by atoms with Gasteiger partial charge in [0.1, 0.15) is 11.5 Å². The van der Waals surface area contributed by atoms with Crippen molar-refractivity contribution in [3.05, 3.63) is 52.6 Å². The summed E-state index contributed by atoms with van der Waals surface area (Å²) in [5, 5.41) is 3.52. The molecule has 2 aromatic carbocycles. The van der Waals surface area contributed by atoms with E-state index in [0.717, 1.165) is 23.6 Å². The molecule has 0 aliphatic heterocycles. The number of anilines is 1. The summed E-state index contributed by atoms with van der Waals surface area (Å²) in [5.41, 5.74) is 6.15. The summed E-state index contributed by atoms with van der Waals surface area (Å²) < 4.78 is 10.6. The molecule has 2 rings (SSSR count). The molecule has 0 fully saturated rings. The Kier molecular flexibility index (Phi) is 4.73. The fourth-order valence-electron chi connectivity index (χ4n) is 2.62. The molecule has 0 radical (unpaired) electrons. The third kappa shape index (κ3) is 3.69. The highest BCUT2D eigenvalue weighted by Gasteiger charge is 2.05. The number of benzene rings is 2. The first kappa shape index (κ1) is 15.2. The molecule has 0 aliphatic carbocycles. The number of nitrogens with one attached hydrogen (secondary N) is 1. The summed E-state index contributed by atoms with van der Waals surface area (Å²) in [5.74, 6) is 1.62. The molecule has 21 heavy (non-hydrogen) atoms. The minimum Gasteiger partial charge on any atom is -0.497 e. The average Bonchev–Trinajstić information content (AvgIpc) is 2.45. The number of methoxy groups -OCH3 is 2. The molecule has 0 heterocycles. The lowest BCUT2D eigenvalue weighted by molar-refractivity contribution is 0.393. The fourth-order valence-corrected chi connectivity index (χ4v) is 2.62. The minimum absolute atomic E-state index is 0.734. The Labute approximate surface area is 126 Å². The van der Waals surface area contributed by atoms with E-state index in [-0.39, 0.29) is 0 Å². The lowest BCUT2D eigenvalue weighted by atomic mass is 10.0. The maximum Gasteiger partial charge on any atom is 0.122 e. The van der Waals surface area contributed by atoms with Gasteiger partial charge in [-0.1, -0.05) is 17.7 Å². The predicted molar refractivity (Wildman–Crippen MR) is 87.5 cm³/mol. The Morgan fingerprint density at radius 1 is 0.810 bits per heavy atom. The maximum atomic E-state index is 5.30. The monoisotopic (exact) mass is 285 g/mol. The van der Waals surface area contributed by atoms with Gasteiger partial charge in [-0.2, -0.15) is 0 Å². The largest absolute Gasteiger partial charge is 0.497 e. The molecule has 112 valence electrons. The fraction of sp³-hybridized carbons (Fsp3) is 0.333. The van der Waals surface area contributed by atoms with Crippen molar-refractivity contribution in [1.29, 1.82) is 0 Å².